The molecule has 2 rings (SSSR count). The van der Waals surface area contributed by atoms with E-state index in [1.807, 2.05) is 0 Å². The lowest BCUT2D eigenvalue weighted by Gasteiger charge is -2.08. The number of hydrogen-bond donors (Lipinski definition) is 1. The summed E-state index contributed by atoms with van der Waals surface area (Å²) in [5, 5.41) is 2.82. The van der Waals surface area contributed by atoms with Crippen LogP contribution in [0.15, 0.2) is 30.5 Å². The van der Waals surface area contributed by atoms with E-state index in [0.717, 1.165) is 18.3 Å². The van der Waals surface area contributed by atoms with Crippen molar-refractivity contribution < 1.29 is 17.6 Å². The van der Waals surface area contributed by atoms with E-state index in [1.165, 1.54) is 6.07 Å². The summed E-state index contributed by atoms with van der Waals surface area (Å²) >= 11 is 0. The van der Waals surface area contributed by atoms with Crippen molar-refractivity contribution in [2.75, 3.05) is 7.05 Å². The summed E-state index contributed by atoms with van der Waals surface area (Å²) in [6.45, 7) is 0.353. The van der Waals surface area contributed by atoms with Gasteiger partial charge in [0.1, 0.15) is 0 Å². The van der Waals surface area contributed by atoms with E-state index < -0.39 is 17.7 Å². The lowest BCUT2D eigenvalue weighted by Crippen LogP contribution is -2.08. The molecule has 0 saturated heterocycles. The summed E-state index contributed by atoms with van der Waals surface area (Å²) in [5.74, 6) is -0.700. The largest absolute Gasteiger partial charge is 0.417 e. The first-order chi connectivity index (χ1) is 9.40. The Balaban J connectivity index is 2.36. The molecule has 2 aromatic rings. The predicted octanol–water partition coefficient (Wildman–Crippen LogP) is 3.02. The van der Waals surface area contributed by atoms with Gasteiger partial charge in [-0.25, -0.2) is 4.98 Å². The summed E-state index contributed by atoms with van der Waals surface area (Å²) in [5.41, 5.74) is 0.253. The highest BCUT2D eigenvalue weighted by atomic mass is 19.4. The lowest BCUT2D eigenvalue weighted by molar-refractivity contribution is -0.137. The third-order valence-corrected chi connectivity index (χ3v) is 2.59. The van der Waals surface area contributed by atoms with E-state index in [0.29, 0.717) is 17.8 Å². The van der Waals surface area contributed by atoms with Crippen LogP contribution in [0.2, 0.25) is 0 Å². The fourth-order valence-electron chi connectivity index (χ4n) is 1.70. The highest BCUT2D eigenvalue weighted by Gasteiger charge is 2.30. The molecule has 0 aliphatic carbocycles. The summed E-state index contributed by atoms with van der Waals surface area (Å²) in [7, 11) is 1.68. The Hall–Kier alpha value is -2.02. The van der Waals surface area contributed by atoms with Crippen molar-refractivity contribution in [3.05, 3.63) is 47.7 Å². The second-order valence-corrected chi connectivity index (χ2v) is 4.13. The van der Waals surface area contributed by atoms with E-state index in [9.17, 15) is 17.6 Å². The van der Waals surface area contributed by atoms with Crippen LogP contribution in [0, 0.1) is 5.95 Å². The van der Waals surface area contributed by atoms with E-state index in [1.54, 1.807) is 13.1 Å². The van der Waals surface area contributed by atoms with Crippen LogP contribution in [-0.4, -0.2) is 17.0 Å². The summed E-state index contributed by atoms with van der Waals surface area (Å²) < 4.78 is 50.7. The van der Waals surface area contributed by atoms with Gasteiger partial charge in [-0.2, -0.15) is 17.6 Å². The average molecular weight is 285 g/mol. The van der Waals surface area contributed by atoms with Crippen molar-refractivity contribution in [2.24, 2.45) is 0 Å². The molecule has 1 N–H and O–H groups in total. The molecule has 0 atom stereocenters. The summed E-state index contributed by atoms with van der Waals surface area (Å²) in [6.07, 6.45) is -3.71. The van der Waals surface area contributed by atoms with Gasteiger partial charge in [0.05, 0.1) is 17.0 Å². The zero-order valence-corrected chi connectivity index (χ0v) is 10.5. The number of halogens is 4. The molecular weight excluding hydrogens is 274 g/mol. The molecule has 0 aromatic carbocycles. The first kappa shape index (κ1) is 14.4. The molecule has 0 unspecified atom stereocenters. The van der Waals surface area contributed by atoms with Gasteiger partial charge in [-0.1, -0.05) is 0 Å². The third kappa shape index (κ3) is 3.30. The Morgan fingerprint density at radius 3 is 2.50 bits per heavy atom. The minimum atomic E-state index is -4.44. The maximum Gasteiger partial charge on any atom is 0.417 e. The Morgan fingerprint density at radius 1 is 1.20 bits per heavy atom. The fourth-order valence-corrected chi connectivity index (χ4v) is 1.70. The Labute approximate surface area is 112 Å². The highest BCUT2D eigenvalue weighted by molar-refractivity contribution is 5.59. The van der Waals surface area contributed by atoms with E-state index in [4.69, 9.17) is 0 Å². The first-order valence-corrected chi connectivity index (χ1v) is 5.75. The molecule has 0 spiro atoms. The zero-order chi connectivity index (χ0) is 14.8. The van der Waals surface area contributed by atoms with Crippen molar-refractivity contribution in [1.82, 2.24) is 15.3 Å². The van der Waals surface area contributed by atoms with Crippen LogP contribution in [0.4, 0.5) is 17.6 Å². The molecule has 2 heterocycles. The molecular formula is C13H11F4N3. The van der Waals surface area contributed by atoms with Crippen LogP contribution in [0.1, 0.15) is 11.3 Å². The van der Waals surface area contributed by atoms with Gasteiger partial charge in [0.2, 0.25) is 5.95 Å². The molecule has 7 heteroatoms. The number of alkyl halides is 3. The van der Waals surface area contributed by atoms with Gasteiger partial charge in [0.15, 0.2) is 0 Å². The maximum atomic E-state index is 13.4. The van der Waals surface area contributed by atoms with Crippen molar-refractivity contribution in [1.29, 1.82) is 0 Å². The monoisotopic (exact) mass is 285 g/mol. The van der Waals surface area contributed by atoms with Gasteiger partial charge in [0.25, 0.3) is 0 Å². The standard InChI is InChI=1S/C13H11F4N3/c1-18-7-10-4-8(5-12(14)20-10)11-3-2-9(6-19-11)13(15,16)17/h2-6,18H,7H2,1H3. The van der Waals surface area contributed by atoms with E-state index >= 15 is 0 Å². The van der Waals surface area contributed by atoms with Gasteiger partial charge in [0, 0.05) is 24.4 Å². The molecule has 0 aliphatic rings. The van der Waals surface area contributed by atoms with Crippen molar-refractivity contribution in [2.45, 2.75) is 12.7 Å². The molecule has 20 heavy (non-hydrogen) atoms. The molecule has 0 aliphatic heterocycles. The van der Waals surface area contributed by atoms with Crippen molar-refractivity contribution >= 4 is 0 Å². The molecule has 3 nitrogen and oxygen atoms in total. The second-order valence-electron chi connectivity index (χ2n) is 4.13. The molecule has 106 valence electrons. The van der Waals surface area contributed by atoms with Gasteiger partial charge in [-0.3, -0.25) is 4.98 Å². The SMILES string of the molecule is CNCc1cc(-c2ccc(C(F)(F)F)cn2)cc(F)n1. The predicted molar refractivity (Wildman–Crippen MR) is 65.2 cm³/mol. The van der Waals surface area contributed by atoms with Crippen LogP contribution in [-0.2, 0) is 12.7 Å². The van der Waals surface area contributed by atoms with Gasteiger partial charge >= 0.3 is 6.18 Å². The third-order valence-electron chi connectivity index (χ3n) is 2.59. The van der Waals surface area contributed by atoms with Crippen LogP contribution in [0.5, 0.6) is 0 Å². The highest BCUT2D eigenvalue weighted by Crippen LogP contribution is 2.29. The van der Waals surface area contributed by atoms with Crippen LogP contribution >= 0.6 is 0 Å². The van der Waals surface area contributed by atoms with Gasteiger partial charge in [-0.05, 0) is 25.2 Å². The molecule has 0 amide bonds. The van der Waals surface area contributed by atoms with Gasteiger partial charge in [-0.15, -0.1) is 0 Å². The van der Waals surface area contributed by atoms with Crippen LogP contribution in [0.3, 0.4) is 0 Å². The molecule has 0 fully saturated rings. The molecule has 0 bridgehead atoms. The summed E-state index contributed by atoms with van der Waals surface area (Å²) in [4.78, 5) is 7.39. The van der Waals surface area contributed by atoms with Gasteiger partial charge < -0.3 is 5.32 Å². The normalized spacial score (nSPS) is 11.7. The Kier molecular flexibility index (Phi) is 3.99. The van der Waals surface area contributed by atoms with Crippen LogP contribution < -0.4 is 5.32 Å². The number of rotatable bonds is 3. The average Bonchev–Trinajstić information content (AvgIpc) is 2.37. The van der Waals surface area contributed by atoms with Crippen molar-refractivity contribution in [3.8, 4) is 11.3 Å². The number of nitrogens with one attached hydrogen (secondary N) is 1. The maximum absolute atomic E-state index is 13.4. The number of hydrogen-bond acceptors (Lipinski definition) is 3. The Morgan fingerprint density at radius 2 is 1.95 bits per heavy atom. The van der Waals surface area contributed by atoms with E-state index in [2.05, 4.69) is 15.3 Å². The molecule has 0 radical (unpaired) electrons. The van der Waals surface area contributed by atoms with Crippen LogP contribution in [0.25, 0.3) is 11.3 Å². The molecule has 2 aromatic heterocycles. The minimum absolute atomic E-state index is 0.261. The molecule has 0 saturated carbocycles. The number of pyridine rings is 2. The summed E-state index contributed by atoms with van der Waals surface area (Å²) in [6, 6.07) is 4.84. The Bertz CT molecular complexity index is 594. The van der Waals surface area contributed by atoms with Crippen molar-refractivity contribution in [3.63, 3.8) is 0 Å². The number of nitrogens with zero attached hydrogens (tertiary/aromatic N) is 2. The number of aromatic nitrogens is 2. The minimum Gasteiger partial charge on any atom is -0.314 e. The quantitative estimate of drug-likeness (QED) is 0.696. The zero-order valence-electron chi connectivity index (χ0n) is 10.5. The van der Waals surface area contributed by atoms with E-state index in [-0.39, 0.29) is 5.69 Å². The fraction of sp³-hybridized carbons (Fsp3) is 0.231. The topological polar surface area (TPSA) is 37.8 Å². The lowest BCUT2D eigenvalue weighted by atomic mass is 10.1. The smallest absolute Gasteiger partial charge is 0.314 e. The first-order valence-electron chi connectivity index (χ1n) is 5.75. The second kappa shape index (κ2) is 5.54.